The number of hydrogen-bond donors (Lipinski definition) is 2. The quantitative estimate of drug-likeness (QED) is 0.830. The van der Waals surface area contributed by atoms with Crippen molar-refractivity contribution in [3.63, 3.8) is 0 Å². The molecule has 0 bridgehead atoms. The molecular weight excluding hydrogens is 264 g/mol. The van der Waals surface area contributed by atoms with Crippen LogP contribution in [0.4, 0.5) is 0 Å². The maximum atomic E-state index is 12.0. The molecule has 1 unspecified atom stereocenters. The van der Waals surface area contributed by atoms with E-state index in [2.05, 4.69) is 27.1 Å². The van der Waals surface area contributed by atoms with E-state index < -0.39 is 0 Å². The first-order valence-corrected chi connectivity index (χ1v) is 6.56. The first-order valence-electron chi connectivity index (χ1n) is 6.56. The van der Waals surface area contributed by atoms with Crippen LogP contribution in [0.1, 0.15) is 34.6 Å². The van der Waals surface area contributed by atoms with Crippen molar-refractivity contribution < 1.29 is 4.79 Å². The number of nitrogens with one attached hydrogen (secondary N) is 1. The van der Waals surface area contributed by atoms with Gasteiger partial charge in [-0.25, -0.2) is 4.98 Å². The van der Waals surface area contributed by atoms with Gasteiger partial charge in [0.05, 0.1) is 18.8 Å². The van der Waals surface area contributed by atoms with E-state index >= 15 is 0 Å². The topological polar surface area (TPSA) is 80.9 Å². The summed E-state index contributed by atoms with van der Waals surface area (Å²) in [6.45, 7) is 2.25. The highest BCUT2D eigenvalue weighted by Crippen LogP contribution is 2.13. The van der Waals surface area contributed by atoms with E-state index in [1.807, 2.05) is 31.2 Å². The molecule has 1 aromatic heterocycles. The first-order chi connectivity index (χ1) is 10.2. The lowest BCUT2D eigenvalue weighted by atomic mass is 10.1. The summed E-state index contributed by atoms with van der Waals surface area (Å²) in [7, 11) is 0. The minimum atomic E-state index is -0.248. The summed E-state index contributed by atoms with van der Waals surface area (Å²) in [5, 5.41) is 2.88. The highest BCUT2D eigenvalue weighted by atomic mass is 16.1. The first kappa shape index (κ1) is 14.7. The summed E-state index contributed by atoms with van der Waals surface area (Å²) >= 11 is 0. The predicted octanol–water partition coefficient (Wildman–Crippen LogP) is 1.28. The molecule has 1 aromatic carbocycles. The Morgan fingerprint density at radius 2 is 2.10 bits per heavy atom. The van der Waals surface area contributed by atoms with Gasteiger partial charge in [0.25, 0.3) is 5.91 Å². The van der Waals surface area contributed by atoms with E-state index in [4.69, 9.17) is 5.73 Å². The lowest BCUT2D eigenvalue weighted by Crippen LogP contribution is -2.27. The van der Waals surface area contributed by atoms with Crippen molar-refractivity contribution >= 4 is 5.91 Å². The number of nitrogens with two attached hydrogens (primary N) is 1. The standard InChI is InChI=1S/C16H16N4O/c1-12(20-16(21)15-11-18-9-10-19-15)14-6-4-13(5-7-14)3-2-8-17/h4-7,9-12H,8,17H2,1H3,(H,20,21). The van der Waals surface area contributed by atoms with Gasteiger partial charge in [-0.2, -0.15) is 0 Å². The van der Waals surface area contributed by atoms with Crippen molar-refractivity contribution in [1.29, 1.82) is 0 Å². The molecule has 0 saturated carbocycles. The van der Waals surface area contributed by atoms with Crippen molar-refractivity contribution in [2.45, 2.75) is 13.0 Å². The molecule has 1 heterocycles. The third-order valence-electron chi connectivity index (χ3n) is 2.89. The van der Waals surface area contributed by atoms with E-state index in [9.17, 15) is 4.79 Å². The van der Waals surface area contributed by atoms with Crippen molar-refractivity contribution in [3.8, 4) is 11.8 Å². The van der Waals surface area contributed by atoms with Crippen LogP contribution < -0.4 is 11.1 Å². The van der Waals surface area contributed by atoms with Gasteiger partial charge in [0.15, 0.2) is 0 Å². The number of aromatic nitrogens is 2. The molecule has 0 fully saturated rings. The third kappa shape index (κ3) is 4.13. The normalized spacial score (nSPS) is 11.1. The minimum absolute atomic E-state index is 0.129. The molecular formula is C16H16N4O. The number of hydrogen-bond acceptors (Lipinski definition) is 4. The van der Waals surface area contributed by atoms with Crippen LogP contribution in [0, 0.1) is 11.8 Å². The SMILES string of the molecule is CC(NC(=O)c1cnccn1)c1ccc(C#CCN)cc1. The Balaban J connectivity index is 2.03. The minimum Gasteiger partial charge on any atom is -0.344 e. The Kier molecular flexibility index (Phi) is 5.02. The van der Waals surface area contributed by atoms with Crippen LogP contribution in [-0.2, 0) is 0 Å². The lowest BCUT2D eigenvalue weighted by molar-refractivity contribution is 0.0934. The van der Waals surface area contributed by atoms with Gasteiger partial charge in [0, 0.05) is 18.0 Å². The summed E-state index contributed by atoms with van der Waals surface area (Å²) in [4.78, 5) is 19.8. The molecule has 0 spiro atoms. The van der Waals surface area contributed by atoms with Crippen molar-refractivity contribution in [2.24, 2.45) is 5.73 Å². The van der Waals surface area contributed by atoms with Gasteiger partial charge in [-0.15, -0.1) is 0 Å². The highest BCUT2D eigenvalue weighted by molar-refractivity contribution is 5.92. The number of carbonyl (C=O) groups excluding carboxylic acids is 1. The highest BCUT2D eigenvalue weighted by Gasteiger charge is 2.12. The van der Waals surface area contributed by atoms with Crippen LogP contribution in [0.2, 0.25) is 0 Å². The fourth-order valence-corrected chi connectivity index (χ4v) is 1.78. The van der Waals surface area contributed by atoms with Crippen LogP contribution in [-0.4, -0.2) is 22.4 Å². The van der Waals surface area contributed by atoms with Crippen LogP contribution in [0.25, 0.3) is 0 Å². The molecule has 0 radical (unpaired) electrons. The van der Waals surface area contributed by atoms with E-state index in [1.165, 1.54) is 18.6 Å². The number of rotatable bonds is 3. The monoisotopic (exact) mass is 280 g/mol. The number of carbonyl (C=O) groups is 1. The molecule has 21 heavy (non-hydrogen) atoms. The lowest BCUT2D eigenvalue weighted by Gasteiger charge is -2.13. The smallest absolute Gasteiger partial charge is 0.271 e. The van der Waals surface area contributed by atoms with Crippen LogP contribution in [0.3, 0.4) is 0 Å². The van der Waals surface area contributed by atoms with Gasteiger partial charge >= 0.3 is 0 Å². The van der Waals surface area contributed by atoms with Crippen molar-refractivity contribution in [2.75, 3.05) is 6.54 Å². The second kappa shape index (κ2) is 7.17. The fraction of sp³-hybridized carbons (Fsp3) is 0.188. The molecule has 1 atom stereocenters. The van der Waals surface area contributed by atoms with E-state index in [0.717, 1.165) is 11.1 Å². The Morgan fingerprint density at radius 1 is 1.33 bits per heavy atom. The molecule has 2 rings (SSSR count). The largest absolute Gasteiger partial charge is 0.344 e. The molecule has 5 nitrogen and oxygen atoms in total. The summed E-state index contributed by atoms with van der Waals surface area (Å²) in [5.41, 5.74) is 7.52. The van der Waals surface area contributed by atoms with Crippen molar-refractivity contribution in [1.82, 2.24) is 15.3 Å². The molecule has 0 aliphatic rings. The molecule has 2 aromatic rings. The molecule has 0 aliphatic carbocycles. The van der Waals surface area contributed by atoms with E-state index in [0.29, 0.717) is 12.2 Å². The maximum Gasteiger partial charge on any atom is 0.271 e. The van der Waals surface area contributed by atoms with Gasteiger partial charge < -0.3 is 11.1 Å². The second-order valence-electron chi connectivity index (χ2n) is 4.41. The molecule has 1 amide bonds. The van der Waals surface area contributed by atoms with E-state index in [1.54, 1.807) is 0 Å². The average Bonchev–Trinajstić information content (AvgIpc) is 2.54. The molecule has 0 aliphatic heterocycles. The van der Waals surface area contributed by atoms with Crippen LogP contribution in [0.15, 0.2) is 42.9 Å². The number of nitrogens with zero attached hydrogens (tertiary/aromatic N) is 2. The zero-order valence-electron chi connectivity index (χ0n) is 11.7. The van der Waals surface area contributed by atoms with E-state index in [-0.39, 0.29) is 11.9 Å². The fourth-order valence-electron chi connectivity index (χ4n) is 1.78. The van der Waals surface area contributed by atoms with Gasteiger partial charge in [-0.3, -0.25) is 9.78 Å². The maximum absolute atomic E-state index is 12.0. The summed E-state index contributed by atoms with van der Waals surface area (Å²) in [6.07, 6.45) is 4.46. The summed E-state index contributed by atoms with van der Waals surface area (Å²) in [5.74, 6) is 5.51. The Morgan fingerprint density at radius 3 is 2.71 bits per heavy atom. The Bertz CT molecular complexity index is 656. The summed E-state index contributed by atoms with van der Waals surface area (Å²) in [6, 6.07) is 7.55. The van der Waals surface area contributed by atoms with Crippen molar-refractivity contribution in [3.05, 3.63) is 59.7 Å². The molecule has 106 valence electrons. The third-order valence-corrected chi connectivity index (χ3v) is 2.89. The van der Waals surface area contributed by atoms with Gasteiger partial charge in [0.2, 0.25) is 0 Å². The van der Waals surface area contributed by atoms with Crippen LogP contribution >= 0.6 is 0 Å². The van der Waals surface area contributed by atoms with Gasteiger partial charge in [-0.1, -0.05) is 24.0 Å². The van der Waals surface area contributed by atoms with Gasteiger partial charge in [-0.05, 0) is 24.6 Å². The van der Waals surface area contributed by atoms with Crippen LogP contribution in [0.5, 0.6) is 0 Å². The predicted molar refractivity (Wildman–Crippen MR) is 80.3 cm³/mol. The molecule has 5 heteroatoms. The Hall–Kier alpha value is -2.71. The second-order valence-corrected chi connectivity index (χ2v) is 4.41. The zero-order valence-corrected chi connectivity index (χ0v) is 11.7. The number of benzene rings is 1. The molecule has 3 N–H and O–H groups in total. The Labute approximate surface area is 123 Å². The van der Waals surface area contributed by atoms with Gasteiger partial charge in [0.1, 0.15) is 5.69 Å². The summed E-state index contributed by atoms with van der Waals surface area (Å²) < 4.78 is 0. The average molecular weight is 280 g/mol. The number of amides is 1. The zero-order chi connectivity index (χ0) is 15.1. The molecule has 0 saturated heterocycles.